The van der Waals surface area contributed by atoms with Crippen LogP contribution >= 0.6 is 11.6 Å². The summed E-state index contributed by atoms with van der Waals surface area (Å²) >= 11 is 6.15. The number of ether oxygens (including phenoxy) is 1. The van der Waals surface area contributed by atoms with Gasteiger partial charge >= 0.3 is 0 Å². The Labute approximate surface area is 134 Å². The first kappa shape index (κ1) is 14.7. The van der Waals surface area contributed by atoms with E-state index in [1.165, 1.54) is 0 Å². The number of methoxy groups -OCH3 is 1. The highest BCUT2D eigenvalue weighted by Crippen LogP contribution is 2.39. The van der Waals surface area contributed by atoms with Crippen LogP contribution in [0.5, 0.6) is 5.75 Å². The molecule has 1 aliphatic rings. The van der Waals surface area contributed by atoms with Crippen molar-refractivity contribution in [2.45, 2.75) is 6.42 Å². The standard InChI is InChI=1S/C17H17ClN2O2/c1-19-10-9-17(21)20(13-4-6-14(22-2)7-5-13)16-11-12(18)3-8-15(16)19/h3-8,11H,9-10H2,1-2H3. The minimum absolute atomic E-state index is 0.0537. The summed E-state index contributed by atoms with van der Waals surface area (Å²) in [5.74, 6) is 0.812. The molecule has 0 spiro atoms. The molecule has 4 nitrogen and oxygen atoms in total. The third-order valence-electron chi connectivity index (χ3n) is 3.83. The number of amides is 1. The summed E-state index contributed by atoms with van der Waals surface area (Å²) in [7, 11) is 3.60. The molecule has 0 unspecified atom stereocenters. The van der Waals surface area contributed by atoms with Crippen LogP contribution in [-0.4, -0.2) is 26.6 Å². The van der Waals surface area contributed by atoms with Crippen molar-refractivity contribution >= 4 is 34.6 Å². The molecule has 22 heavy (non-hydrogen) atoms. The fourth-order valence-corrected chi connectivity index (χ4v) is 2.81. The van der Waals surface area contributed by atoms with Crippen molar-refractivity contribution in [1.82, 2.24) is 0 Å². The number of halogens is 1. The highest BCUT2D eigenvalue weighted by Gasteiger charge is 2.26. The minimum atomic E-state index is 0.0537. The Hall–Kier alpha value is -2.20. The third-order valence-corrected chi connectivity index (χ3v) is 4.07. The van der Waals surface area contributed by atoms with Crippen molar-refractivity contribution in [1.29, 1.82) is 0 Å². The van der Waals surface area contributed by atoms with Gasteiger partial charge in [-0.05, 0) is 42.5 Å². The van der Waals surface area contributed by atoms with Crippen LogP contribution in [0.1, 0.15) is 6.42 Å². The van der Waals surface area contributed by atoms with Crippen LogP contribution in [0.4, 0.5) is 17.1 Å². The Morgan fingerprint density at radius 2 is 1.82 bits per heavy atom. The van der Waals surface area contributed by atoms with Gasteiger partial charge < -0.3 is 9.64 Å². The molecule has 1 aliphatic heterocycles. The maximum absolute atomic E-state index is 12.6. The largest absolute Gasteiger partial charge is 0.497 e. The van der Waals surface area contributed by atoms with Crippen LogP contribution in [-0.2, 0) is 4.79 Å². The van der Waals surface area contributed by atoms with Gasteiger partial charge in [0.15, 0.2) is 0 Å². The number of hydrogen-bond donors (Lipinski definition) is 0. The van der Waals surface area contributed by atoms with Crippen molar-refractivity contribution < 1.29 is 9.53 Å². The van der Waals surface area contributed by atoms with Gasteiger partial charge in [0.1, 0.15) is 5.75 Å². The molecule has 0 fully saturated rings. The molecule has 3 rings (SSSR count). The van der Waals surface area contributed by atoms with Gasteiger partial charge in [0.25, 0.3) is 0 Å². The molecule has 0 radical (unpaired) electrons. The van der Waals surface area contributed by atoms with Crippen LogP contribution in [0.15, 0.2) is 42.5 Å². The summed E-state index contributed by atoms with van der Waals surface area (Å²) in [6.45, 7) is 0.681. The summed E-state index contributed by atoms with van der Waals surface area (Å²) in [6, 6.07) is 13.1. The number of anilines is 3. The summed E-state index contributed by atoms with van der Waals surface area (Å²) < 4.78 is 5.18. The number of carbonyl (C=O) groups excluding carboxylic acids is 1. The number of rotatable bonds is 2. The smallest absolute Gasteiger partial charge is 0.233 e. The van der Waals surface area contributed by atoms with E-state index in [9.17, 15) is 4.79 Å². The number of nitrogens with zero attached hydrogens (tertiary/aromatic N) is 2. The van der Waals surface area contributed by atoms with E-state index >= 15 is 0 Å². The van der Waals surface area contributed by atoms with E-state index in [2.05, 4.69) is 4.90 Å². The van der Waals surface area contributed by atoms with E-state index in [1.807, 2.05) is 49.5 Å². The Morgan fingerprint density at radius 1 is 1.09 bits per heavy atom. The first-order valence-electron chi connectivity index (χ1n) is 7.08. The highest BCUT2D eigenvalue weighted by atomic mass is 35.5. The second-order valence-electron chi connectivity index (χ2n) is 5.23. The molecule has 1 heterocycles. The van der Waals surface area contributed by atoms with Crippen molar-refractivity contribution in [2.75, 3.05) is 30.5 Å². The van der Waals surface area contributed by atoms with E-state index in [0.29, 0.717) is 18.0 Å². The lowest BCUT2D eigenvalue weighted by atomic mass is 10.2. The summed E-state index contributed by atoms with van der Waals surface area (Å²) in [5, 5.41) is 0.611. The van der Waals surface area contributed by atoms with E-state index < -0.39 is 0 Å². The lowest BCUT2D eigenvalue weighted by Gasteiger charge is -2.25. The van der Waals surface area contributed by atoms with Crippen molar-refractivity contribution in [3.05, 3.63) is 47.5 Å². The SMILES string of the molecule is COc1ccc(N2C(=O)CCN(C)c3ccc(Cl)cc32)cc1. The van der Waals surface area contributed by atoms with Crippen LogP contribution in [0.3, 0.4) is 0 Å². The average molecular weight is 317 g/mol. The van der Waals surface area contributed by atoms with Gasteiger partial charge in [-0.25, -0.2) is 0 Å². The summed E-state index contributed by atoms with van der Waals surface area (Å²) in [4.78, 5) is 16.4. The lowest BCUT2D eigenvalue weighted by Crippen LogP contribution is -2.25. The number of hydrogen-bond acceptors (Lipinski definition) is 3. The van der Waals surface area contributed by atoms with Crippen molar-refractivity contribution in [2.24, 2.45) is 0 Å². The molecule has 2 aromatic rings. The maximum Gasteiger partial charge on any atom is 0.233 e. The summed E-state index contributed by atoms with van der Waals surface area (Å²) in [5.41, 5.74) is 2.61. The van der Waals surface area contributed by atoms with E-state index in [-0.39, 0.29) is 5.91 Å². The van der Waals surface area contributed by atoms with Gasteiger partial charge in [0, 0.05) is 30.7 Å². The van der Waals surface area contributed by atoms with E-state index in [0.717, 1.165) is 22.8 Å². The maximum atomic E-state index is 12.6. The van der Waals surface area contributed by atoms with Gasteiger partial charge in [-0.1, -0.05) is 11.6 Å². The van der Waals surface area contributed by atoms with Crippen LogP contribution in [0, 0.1) is 0 Å². The van der Waals surface area contributed by atoms with Crippen LogP contribution in [0.2, 0.25) is 5.02 Å². The number of carbonyl (C=O) groups is 1. The quantitative estimate of drug-likeness (QED) is 0.843. The second-order valence-corrected chi connectivity index (χ2v) is 5.67. The first-order valence-corrected chi connectivity index (χ1v) is 7.45. The Bertz CT molecular complexity index is 700. The van der Waals surface area contributed by atoms with Gasteiger partial charge in [-0.2, -0.15) is 0 Å². The van der Waals surface area contributed by atoms with Crippen LogP contribution < -0.4 is 14.5 Å². The first-order chi connectivity index (χ1) is 10.6. The Morgan fingerprint density at radius 3 is 2.50 bits per heavy atom. The zero-order valence-corrected chi connectivity index (χ0v) is 13.3. The zero-order valence-electron chi connectivity index (χ0n) is 12.5. The molecule has 5 heteroatoms. The molecule has 0 N–H and O–H groups in total. The number of fused-ring (bicyclic) bond motifs is 1. The van der Waals surface area contributed by atoms with Gasteiger partial charge in [0.2, 0.25) is 5.91 Å². The predicted molar refractivity (Wildman–Crippen MR) is 89.5 cm³/mol. The van der Waals surface area contributed by atoms with Gasteiger partial charge in [-0.15, -0.1) is 0 Å². The van der Waals surface area contributed by atoms with Crippen LogP contribution in [0.25, 0.3) is 0 Å². The molecular formula is C17H17ClN2O2. The molecule has 1 amide bonds. The van der Waals surface area contributed by atoms with Gasteiger partial charge in [0.05, 0.1) is 18.5 Å². The fraction of sp³-hybridized carbons (Fsp3) is 0.235. The molecule has 0 saturated heterocycles. The topological polar surface area (TPSA) is 32.8 Å². The Balaban J connectivity index is 2.13. The second kappa shape index (κ2) is 5.89. The average Bonchev–Trinajstić information content (AvgIpc) is 2.64. The predicted octanol–water partition coefficient (Wildman–Crippen LogP) is 3.85. The molecule has 0 aliphatic carbocycles. The van der Waals surface area contributed by atoms with E-state index in [1.54, 1.807) is 12.0 Å². The summed E-state index contributed by atoms with van der Waals surface area (Å²) in [6.07, 6.45) is 0.453. The number of benzene rings is 2. The van der Waals surface area contributed by atoms with Gasteiger partial charge in [-0.3, -0.25) is 9.69 Å². The lowest BCUT2D eigenvalue weighted by molar-refractivity contribution is -0.117. The highest BCUT2D eigenvalue weighted by molar-refractivity contribution is 6.31. The molecule has 0 atom stereocenters. The fourth-order valence-electron chi connectivity index (χ4n) is 2.64. The molecule has 0 aromatic heterocycles. The zero-order chi connectivity index (χ0) is 15.7. The molecular weight excluding hydrogens is 300 g/mol. The molecule has 0 saturated carbocycles. The molecule has 2 aromatic carbocycles. The molecule has 114 valence electrons. The monoisotopic (exact) mass is 316 g/mol. The molecule has 0 bridgehead atoms. The Kier molecular flexibility index (Phi) is 3.94. The van der Waals surface area contributed by atoms with E-state index in [4.69, 9.17) is 16.3 Å². The van der Waals surface area contributed by atoms with Crippen molar-refractivity contribution in [3.63, 3.8) is 0 Å². The third kappa shape index (κ3) is 2.62. The van der Waals surface area contributed by atoms with Crippen molar-refractivity contribution in [3.8, 4) is 5.75 Å². The normalized spacial score (nSPS) is 14.6. The minimum Gasteiger partial charge on any atom is -0.497 e.